The molecule has 1 aliphatic carbocycles. The van der Waals surface area contributed by atoms with E-state index in [1.54, 1.807) is 11.8 Å². The quantitative estimate of drug-likeness (QED) is 0.282. The van der Waals surface area contributed by atoms with Crippen molar-refractivity contribution in [3.63, 3.8) is 0 Å². The van der Waals surface area contributed by atoms with E-state index in [1.807, 2.05) is 77.5 Å². The molecular weight excluding hydrogens is 480 g/mol. The van der Waals surface area contributed by atoms with Crippen molar-refractivity contribution in [2.24, 2.45) is 5.41 Å². The molecule has 186 valence electrons. The monoisotopic (exact) mass is 508 g/mol. The highest BCUT2D eigenvalue weighted by atomic mass is 32.2. The van der Waals surface area contributed by atoms with Crippen LogP contribution in [0.25, 0.3) is 0 Å². The second kappa shape index (κ2) is 9.56. The third-order valence-corrected chi connectivity index (χ3v) is 7.58. The Morgan fingerprint density at radius 3 is 2.49 bits per heavy atom. The number of thioether (sulfide) groups is 1. The van der Waals surface area contributed by atoms with Crippen molar-refractivity contribution in [1.29, 1.82) is 0 Å². The summed E-state index contributed by atoms with van der Waals surface area (Å²) in [5.74, 6) is 3.07. The van der Waals surface area contributed by atoms with Gasteiger partial charge in [-0.25, -0.2) is 4.68 Å². The van der Waals surface area contributed by atoms with Gasteiger partial charge in [0, 0.05) is 23.4 Å². The van der Waals surface area contributed by atoms with E-state index in [-0.39, 0.29) is 17.2 Å². The molecule has 0 amide bonds. The number of para-hydroxylation sites is 1. The summed E-state index contributed by atoms with van der Waals surface area (Å²) in [5.41, 5.74) is 3.76. The third kappa shape index (κ3) is 4.91. The van der Waals surface area contributed by atoms with E-state index >= 15 is 0 Å². The second-order valence-corrected chi connectivity index (χ2v) is 11.2. The number of carbonyl (C=O) groups excluding carboxylic acids is 1. The topological polar surface area (TPSA) is 69.0 Å². The van der Waals surface area contributed by atoms with Gasteiger partial charge in [-0.1, -0.05) is 86.3 Å². The number of anilines is 1. The van der Waals surface area contributed by atoms with Crippen LogP contribution in [0.2, 0.25) is 0 Å². The number of hydrogen-bond donors (Lipinski definition) is 1. The van der Waals surface area contributed by atoms with Crippen LogP contribution in [0.4, 0.5) is 5.95 Å². The van der Waals surface area contributed by atoms with Crippen LogP contribution in [-0.2, 0) is 10.5 Å². The van der Waals surface area contributed by atoms with E-state index in [4.69, 9.17) is 14.8 Å². The Bertz CT molecular complexity index is 1480. The molecule has 2 heterocycles. The van der Waals surface area contributed by atoms with Gasteiger partial charge in [-0.2, -0.15) is 4.98 Å². The molecule has 3 aromatic carbocycles. The molecule has 7 heteroatoms. The van der Waals surface area contributed by atoms with Crippen LogP contribution in [-0.4, -0.2) is 20.5 Å². The zero-order valence-electron chi connectivity index (χ0n) is 20.8. The zero-order chi connectivity index (χ0) is 25.4. The molecule has 0 radical (unpaired) electrons. The van der Waals surface area contributed by atoms with Crippen molar-refractivity contribution in [2.45, 2.75) is 43.6 Å². The van der Waals surface area contributed by atoms with E-state index in [9.17, 15) is 4.79 Å². The second-order valence-electron chi connectivity index (χ2n) is 10.3. The average molecular weight is 509 g/mol. The van der Waals surface area contributed by atoms with Crippen LogP contribution >= 0.6 is 11.8 Å². The van der Waals surface area contributed by atoms with Gasteiger partial charge in [0.25, 0.3) is 0 Å². The molecule has 6 rings (SSSR count). The minimum atomic E-state index is -0.368. The van der Waals surface area contributed by atoms with E-state index in [0.29, 0.717) is 23.3 Å². The summed E-state index contributed by atoms with van der Waals surface area (Å²) in [6, 6.07) is 27.6. The predicted octanol–water partition coefficient (Wildman–Crippen LogP) is 7.02. The molecule has 1 aromatic heterocycles. The number of Topliss-reactive ketones (excluding diaryl/α,β-unsaturated/α-hetero) is 1. The first-order valence-corrected chi connectivity index (χ1v) is 13.4. The molecule has 1 atom stereocenters. The van der Waals surface area contributed by atoms with Crippen LogP contribution in [0.5, 0.6) is 11.5 Å². The number of nitrogens with zero attached hydrogens (tertiary/aromatic N) is 3. The molecule has 0 bridgehead atoms. The van der Waals surface area contributed by atoms with Gasteiger partial charge in [-0.3, -0.25) is 4.79 Å². The highest BCUT2D eigenvalue weighted by Crippen LogP contribution is 2.46. The Balaban J connectivity index is 1.38. The summed E-state index contributed by atoms with van der Waals surface area (Å²) in [5, 5.41) is 9.02. The number of carbonyl (C=O) groups is 1. The molecule has 0 saturated heterocycles. The summed E-state index contributed by atoms with van der Waals surface area (Å²) < 4.78 is 7.99. The van der Waals surface area contributed by atoms with Crippen LogP contribution in [0.15, 0.2) is 101 Å². The van der Waals surface area contributed by atoms with Crippen molar-refractivity contribution in [3.05, 3.63) is 107 Å². The molecule has 6 nitrogen and oxygen atoms in total. The Labute approximate surface area is 220 Å². The number of aromatic nitrogens is 3. The molecule has 1 unspecified atom stereocenters. The first-order valence-electron chi connectivity index (χ1n) is 12.4. The summed E-state index contributed by atoms with van der Waals surface area (Å²) in [6.07, 6.45) is 1.29. The Kier molecular flexibility index (Phi) is 6.08. The van der Waals surface area contributed by atoms with Crippen molar-refractivity contribution < 1.29 is 9.53 Å². The van der Waals surface area contributed by atoms with Crippen molar-refractivity contribution in [2.75, 3.05) is 5.32 Å². The van der Waals surface area contributed by atoms with Gasteiger partial charge in [-0.15, -0.1) is 5.10 Å². The van der Waals surface area contributed by atoms with Crippen molar-refractivity contribution in [3.8, 4) is 11.5 Å². The maximum atomic E-state index is 13.5. The summed E-state index contributed by atoms with van der Waals surface area (Å²) in [6.45, 7) is 4.28. The Morgan fingerprint density at radius 1 is 0.973 bits per heavy atom. The van der Waals surface area contributed by atoms with E-state index in [0.717, 1.165) is 34.8 Å². The van der Waals surface area contributed by atoms with Crippen LogP contribution in [0, 0.1) is 5.41 Å². The number of nitrogens with one attached hydrogen (secondary N) is 1. The molecule has 4 aromatic rings. The fraction of sp³-hybridized carbons (Fsp3) is 0.233. The lowest BCUT2D eigenvalue weighted by Gasteiger charge is -2.38. The van der Waals surface area contributed by atoms with E-state index in [2.05, 4.69) is 31.3 Å². The lowest BCUT2D eigenvalue weighted by Crippen LogP contribution is -2.36. The standard InChI is InChI=1S/C30H28N4O2S/c1-30(2)17-24-26(25(35)18-30)27(21-12-9-15-23(16-21)36-22-13-7-4-8-14-22)34-28(31-24)32-29(33-34)37-19-20-10-5-3-6-11-20/h3-16,27H,17-19H2,1-2H3,(H,31,32,33). The van der Waals surface area contributed by atoms with E-state index < -0.39 is 0 Å². The number of hydrogen-bond acceptors (Lipinski definition) is 6. The lowest BCUT2D eigenvalue weighted by molar-refractivity contribution is -0.118. The summed E-state index contributed by atoms with van der Waals surface area (Å²) in [7, 11) is 0. The van der Waals surface area contributed by atoms with Gasteiger partial charge in [0.2, 0.25) is 11.1 Å². The van der Waals surface area contributed by atoms with Gasteiger partial charge in [-0.05, 0) is 47.2 Å². The largest absolute Gasteiger partial charge is 0.457 e. The molecule has 1 aliphatic heterocycles. The molecule has 0 spiro atoms. The van der Waals surface area contributed by atoms with E-state index in [1.165, 1.54) is 5.56 Å². The zero-order valence-corrected chi connectivity index (χ0v) is 21.7. The highest BCUT2D eigenvalue weighted by molar-refractivity contribution is 7.98. The number of benzene rings is 3. The summed E-state index contributed by atoms with van der Waals surface area (Å²) >= 11 is 1.59. The number of allylic oxidation sites excluding steroid dienone is 2. The summed E-state index contributed by atoms with van der Waals surface area (Å²) in [4.78, 5) is 18.4. The minimum absolute atomic E-state index is 0.112. The van der Waals surface area contributed by atoms with Crippen molar-refractivity contribution in [1.82, 2.24) is 14.8 Å². The maximum Gasteiger partial charge on any atom is 0.227 e. The fourth-order valence-electron chi connectivity index (χ4n) is 5.05. The molecule has 1 N–H and O–H groups in total. The molecule has 0 fully saturated rings. The minimum Gasteiger partial charge on any atom is -0.457 e. The molecular formula is C30H28N4O2S. The average Bonchev–Trinajstić information content (AvgIpc) is 3.29. The Hall–Kier alpha value is -3.84. The third-order valence-electron chi connectivity index (χ3n) is 6.68. The van der Waals surface area contributed by atoms with Gasteiger partial charge in [0.1, 0.15) is 17.5 Å². The number of ketones is 1. The number of fused-ring (bicyclic) bond motifs is 1. The number of ether oxygens (including phenoxy) is 1. The van der Waals surface area contributed by atoms with Crippen LogP contribution in [0.1, 0.15) is 43.9 Å². The molecule has 0 saturated carbocycles. The fourth-order valence-corrected chi connectivity index (χ4v) is 5.84. The van der Waals surface area contributed by atoms with Crippen LogP contribution in [0.3, 0.4) is 0 Å². The normalized spacial score (nSPS) is 18.1. The molecule has 2 aliphatic rings. The van der Waals surface area contributed by atoms with Gasteiger partial charge in [0.15, 0.2) is 5.78 Å². The molecule has 37 heavy (non-hydrogen) atoms. The highest BCUT2D eigenvalue weighted by Gasteiger charge is 2.42. The Morgan fingerprint density at radius 2 is 1.70 bits per heavy atom. The first-order chi connectivity index (χ1) is 17.9. The first kappa shape index (κ1) is 23.6. The van der Waals surface area contributed by atoms with Crippen molar-refractivity contribution >= 4 is 23.5 Å². The van der Waals surface area contributed by atoms with Gasteiger partial charge in [0.05, 0.1) is 0 Å². The maximum absolute atomic E-state index is 13.5. The SMILES string of the molecule is CC1(C)CC(=O)C2=C(C1)Nc1nc(SCc3ccccc3)nn1C2c1cccc(Oc2ccccc2)c1. The smallest absolute Gasteiger partial charge is 0.227 e. The van der Waals surface area contributed by atoms with Gasteiger partial charge < -0.3 is 10.1 Å². The van der Waals surface area contributed by atoms with Crippen LogP contribution < -0.4 is 10.1 Å². The lowest BCUT2D eigenvalue weighted by atomic mass is 9.73. The predicted molar refractivity (Wildman–Crippen MR) is 146 cm³/mol. The number of rotatable bonds is 6. The van der Waals surface area contributed by atoms with Gasteiger partial charge >= 0.3 is 0 Å².